The number of likely N-dealkylation sites (tertiary alicyclic amines) is 1. The van der Waals surface area contributed by atoms with Crippen LogP contribution in [-0.2, 0) is 15.1 Å². The molecule has 0 aliphatic carbocycles. The van der Waals surface area contributed by atoms with Gasteiger partial charge in [-0.2, -0.15) is 0 Å². The first kappa shape index (κ1) is 21.6. The zero-order valence-electron chi connectivity index (χ0n) is 17.6. The minimum Gasteiger partial charge on any atom is -0.313 e. The van der Waals surface area contributed by atoms with Crippen molar-refractivity contribution >= 4 is 57.4 Å². The topological polar surface area (TPSA) is 56.8 Å². The van der Waals surface area contributed by atoms with Crippen LogP contribution in [-0.4, -0.2) is 62.9 Å². The first-order chi connectivity index (χ1) is 15.3. The summed E-state index contributed by atoms with van der Waals surface area (Å²) in [6, 6.07) is 9.25. The first-order valence-corrected chi connectivity index (χ1v) is 11.8. The van der Waals surface area contributed by atoms with E-state index >= 15 is 0 Å². The summed E-state index contributed by atoms with van der Waals surface area (Å²) < 4.78 is -0.737. The standard InChI is InChI=1S/C23H21ClN4O2S2/c1-4-11-28-20(30)23(32-21(28)31)17(14-7-9-25-10-8-14)13-26(2)22(23)16-12-15(24)5-6-18(16)27(3)19(22)29/h4-10,12,17H,1,11,13H2,2-3H3/t17-,22+,23-/m0/s1. The number of rotatable bonds is 3. The molecule has 1 aromatic heterocycles. The molecule has 0 radical (unpaired) electrons. The number of thiocarbonyl (C=S) groups is 1. The molecule has 0 saturated carbocycles. The summed E-state index contributed by atoms with van der Waals surface area (Å²) in [4.78, 5) is 37.8. The molecule has 2 aromatic rings. The number of pyridine rings is 1. The highest BCUT2D eigenvalue weighted by Gasteiger charge is 2.78. The Morgan fingerprint density at radius 1 is 1.25 bits per heavy atom. The third-order valence-electron chi connectivity index (χ3n) is 6.83. The van der Waals surface area contributed by atoms with Crippen LogP contribution in [0, 0.1) is 0 Å². The van der Waals surface area contributed by atoms with Crippen LogP contribution in [0.1, 0.15) is 17.0 Å². The number of aromatic nitrogens is 1. The predicted molar refractivity (Wildman–Crippen MR) is 131 cm³/mol. The molecule has 1 aromatic carbocycles. The molecule has 3 aliphatic heterocycles. The smallest absolute Gasteiger partial charge is 0.254 e. The Morgan fingerprint density at radius 3 is 2.66 bits per heavy atom. The van der Waals surface area contributed by atoms with Crippen LogP contribution in [0.5, 0.6) is 0 Å². The van der Waals surface area contributed by atoms with Gasteiger partial charge in [0.05, 0.1) is 0 Å². The molecule has 0 unspecified atom stereocenters. The van der Waals surface area contributed by atoms with Gasteiger partial charge in [0.2, 0.25) is 5.91 Å². The maximum Gasteiger partial charge on any atom is 0.254 e. The number of anilines is 1. The van der Waals surface area contributed by atoms with Crippen molar-refractivity contribution in [2.24, 2.45) is 0 Å². The van der Waals surface area contributed by atoms with E-state index in [1.54, 1.807) is 41.4 Å². The van der Waals surface area contributed by atoms with Crippen molar-refractivity contribution in [3.63, 3.8) is 0 Å². The van der Waals surface area contributed by atoms with Gasteiger partial charge in [-0.25, -0.2) is 0 Å². The molecular weight excluding hydrogens is 464 g/mol. The van der Waals surface area contributed by atoms with Crippen LogP contribution in [0.25, 0.3) is 0 Å². The second-order valence-electron chi connectivity index (χ2n) is 8.26. The van der Waals surface area contributed by atoms with E-state index in [0.717, 1.165) is 16.8 Å². The summed E-state index contributed by atoms with van der Waals surface area (Å²) in [5.74, 6) is -0.617. The van der Waals surface area contributed by atoms with Gasteiger partial charge in [0.25, 0.3) is 5.91 Å². The predicted octanol–water partition coefficient (Wildman–Crippen LogP) is 3.42. The Morgan fingerprint density at radius 2 is 1.97 bits per heavy atom. The van der Waals surface area contributed by atoms with E-state index in [9.17, 15) is 9.59 Å². The van der Waals surface area contributed by atoms with E-state index in [4.69, 9.17) is 23.8 Å². The van der Waals surface area contributed by atoms with Crippen molar-refractivity contribution in [1.29, 1.82) is 0 Å². The minimum atomic E-state index is -1.25. The number of hydrogen-bond donors (Lipinski definition) is 0. The van der Waals surface area contributed by atoms with E-state index in [1.165, 1.54) is 11.8 Å². The van der Waals surface area contributed by atoms with Gasteiger partial charge in [-0.05, 0) is 42.9 Å². The molecule has 6 nitrogen and oxygen atoms in total. The molecule has 2 saturated heterocycles. The van der Waals surface area contributed by atoms with Crippen molar-refractivity contribution in [2.75, 3.05) is 32.1 Å². The Bertz CT molecular complexity index is 1180. The molecule has 2 fully saturated rings. The Labute approximate surface area is 201 Å². The molecular formula is C23H21ClN4O2S2. The highest BCUT2D eigenvalue weighted by atomic mass is 35.5. The lowest BCUT2D eigenvalue weighted by atomic mass is 9.72. The molecule has 0 N–H and O–H groups in total. The molecule has 164 valence electrons. The molecule has 0 bridgehead atoms. The van der Waals surface area contributed by atoms with E-state index in [0.29, 0.717) is 22.4 Å². The van der Waals surface area contributed by atoms with Crippen molar-refractivity contribution < 1.29 is 9.59 Å². The van der Waals surface area contributed by atoms with E-state index in [1.807, 2.05) is 36.2 Å². The largest absolute Gasteiger partial charge is 0.313 e. The quantitative estimate of drug-likeness (QED) is 0.491. The van der Waals surface area contributed by atoms with Gasteiger partial charge >= 0.3 is 0 Å². The van der Waals surface area contributed by atoms with Crippen LogP contribution in [0.15, 0.2) is 55.4 Å². The Kier molecular flexibility index (Phi) is 4.98. The lowest BCUT2D eigenvalue weighted by Crippen LogP contribution is -2.62. The summed E-state index contributed by atoms with van der Waals surface area (Å²) in [7, 11) is 3.65. The molecule has 5 rings (SSSR count). The molecule has 3 atom stereocenters. The number of benzene rings is 1. The van der Waals surface area contributed by atoms with Crippen LogP contribution in [0.2, 0.25) is 5.02 Å². The number of carbonyl (C=O) groups is 2. The number of nitrogens with zero attached hydrogens (tertiary/aromatic N) is 4. The van der Waals surface area contributed by atoms with Crippen LogP contribution < -0.4 is 4.90 Å². The van der Waals surface area contributed by atoms with Gasteiger partial charge in [-0.1, -0.05) is 41.7 Å². The number of amides is 2. The van der Waals surface area contributed by atoms with E-state index in [2.05, 4.69) is 11.6 Å². The van der Waals surface area contributed by atoms with Gasteiger partial charge in [-0.15, -0.1) is 6.58 Å². The number of hydrogen-bond acceptors (Lipinski definition) is 6. The van der Waals surface area contributed by atoms with Crippen molar-refractivity contribution in [2.45, 2.75) is 16.2 Å². The van der Waals surface area contributed by atoms with Crippen molar-refractivity contribution in [3.05, 3.63) is 71.5 Å². The van der Waals surface area contributed by atoms with Gasteiger partial charge in [0, 0.05) is 54.7 Å². The molecule has 3 aliphatic rings. The third kappa shape index (κ3) is 2.46. The van der Waals surface area contributed by atoms with Crippen LogP contribution >= 0.6 is 35.6 Å². The molecule has 32 heavy (non-hydrogen) atoms. The van der Waals surface area contributed by atoms with Gasteiger partial charge in [0.15, 0.2) is 5.54 Å². The summed E-state index contributed by atoms with van der Waals surface area (Å²) in [5, 5.41) is 0.517. The lowest BCUT2D eigenvalue weighted by molar-refractivity contribution is -0.138. The fourth-order valence-electron chi connectivity index (χ4n) is 5.55. The maximum absolute atomic E-state index is 14.3. The average molecular weight is 485 g/mol. The van der Waals surface area contributed by atoms with Gasteiger partial charge < -0.3 is 4.90 Å². The van der Waals surface area contributed by atoms with Crippen LogP contribution in [0.4, 0.5) is 5.69 Å². The van der Waals surface area contributed by atoms with Gasteiger partial charge in [0.1, 0.15) is 9.07 Å². The molecule has 9 heteroatoms. The van der Waals surface area contributed by atoms with E-state index in [-0.39, 0.29) is 17.7 Å². The number of likely N-dealkylation sites (N-methyl/N-ethyl adjacent to an activating group) is 2. The maximum atomic E-state index is 14.3. The molecule has 2 spiro atoms. The lowest BCUT2D eigenvalue weighted by Gasteiger charge is -2.42. The zero-order chi connectivity index (χ0) is 22.8. The zero-order valence-corrected chi connectivity index (χ0v) is 20.0. The Balaban J connectivity index is 1.85. The fraction of sp³-hybridized carbons (Fsp3) is 0.304. The van der Waals surface area contributed by atoms with Gasteiger partial charge in [-0.3, -0.25) is 24.4 Å². The normalized spacial score (nSPS) is 29.6. The third-order valence-corrected chi connectivity index (χ3v) is 9.01. The number of halogens is 1. The monoisotopic (exact) mass is 484 g/mol. The molecule has 2 amide bonds. The highest BCUT2D eigenvalue weighted by molar-refractivity contribution is 8.25. The number of fused-ring (bicyclic) bond motifs is 3. The minimum absolute atomic E-state index is 0.155. The highest BCUT2D eigenvalue weighted by Crippen LogP contribution is 2.66. The second kappa shape index (κ2) is 7.38. The summed E-state index contributed by atoms with van der Waals surface area (Å²) >= 11 is 13.4. The SMILES string of the molecule is C=CCN1C(=O)[C@@]2(SC1=S)[C@H](c1ccncc1)CN(C)[C@]21C(=O)N(C)c2ccc(Cl)cc21. The summed E-state index contributed by atoms with van der Waals surface area (Å²) in [5.41, 5.74) is 1.18. The fourth-order valence-corrected chi connectivity index (χ4v) is 7.87. The Hall–Kier alpha value is -2.26. The second-order valence-corrected chi connectivity index (χ2v) is 10.6. The number of thioether (sulfide) groups is 1. The number of carbonyl (C=O) groups excluding carboxylic acids is 2. The van der Waals surface area contributed by atoms with Crippen molar-refractivity contribution in [1.82, 2.24) is 14.8 Å². The van der Waals surface area contributed by atoms with E-state index < -0.39 is 10.3 Å². The summed E-state index contributed by atoms with van der Waals surface area (Å²) in [6.07, 6.45) is 5.08. The first-order valence-electron chi connectivity index (χ1n) is 10.2. The average Bonchev–Trinajstić information content (AvgIpc) is 3.28. The molecule has 4 heterocycles. The van der Waals surface area contributed by atoms with Crippen LogP contribution in [0.3, 0.4) is 0 Å². The van der Waals surface area contributed by atoms with Crippen molar-refractivity contribution in [3.8, 4) is 0 Å². The summed E-state index contributed by atoms with van der Waals surface area (Å²) in [6.45, 7) is 4.58.